The zero-order chi connectivity index (χ0) is 31.3. The Morgan fingerprint density at radius 1 is 1.00 bits per heavy atom. The lowest BCUT2D eigenvalue weighted by atomic mass is 9.58. The molecule has 1 saturated carbocycles. The molecule has 2 aromatic rings. The summed E-state index contributed by atoms with van der Waals surface area (Å²) in [4.78, 5) is 37.3. The molecule has 2 aromatic carbocycles. The summed E-state index contributed by atoms with van der Waals surface area (Å²) < 4.78 is 56.7. The van der Waals surface area contributed by atoms with E-state index in [4.69, 9.17) is 24.0 Å². The minimum absolute atomic E-state index is 0.0452. The standard InChI is InChI=1S/C33H36F3NO7/c1-19-4-14-26-20(2)29(41-30-32(26)25(19)16-17-31(3,42-30)43-44-32)37-28(39)18-40-24-12-5-21(6-13-24)7-15-27(38)22-8-10-23(11-9-22)33(34,35)36/h5-13,15,19-20,25-26,29-30H,4,14,16-18H2,1-3H3,(H,37,39)/b15-7+/t19-,20-,25+,26+,29+,30-,31-,32-/m1/s1. The van der Waals surface area contributed by atoms with Crippen molar-refractivity contribution in [1.82, 2.24) is 5.32 Å². The molecule has 4 aliphatic heterocycles. The number of nitrogens with one attached hydrogen (secondary N) is 1. The Morgan fingerprint density at radius 3 is 2.43 bits per heavy atom. The zero-order valence-corrected chi connectivity index (χ0v) is 24.8. The van der Waals surface area contributed by atoms with Gasteiger partial charge in [0.05, 0.1) is 5.56 Å². The number of amides is 1. The van der Waals surface area contributed by atoms with Gasteiger partial charge in [-0.25, -0.2) is 9.78 Å². The van der Waals surface area contributed by atoms with E-state index in [1.54, 1.807) is 30.3 Å². The maximum Gasteiger partial charge on any atom is 0.416 e. The van der Waals surface area contributed by atoms with Gasteiger partial charge in [-0.05, 0) is 73.9 Å². The highest BCUT2D eigenvalue weighted by atomic mass is 19.4. The maximum absolute atomic E-state index is 12.9. The van der Waals surface area contributed by atoms with Crippen molar-refractivity contribution in [3.63, 3.8) is 0 Å². The summed E-state index contributed by atoms with van der Waals surface area (Å²) in [5, 5.41) is 2.97. The van der Waals surface area contributed by atoms with Crippen LogP contribution in [0.1, 0.15) is 67.9 Å². The van der Waals surface area contributed by atoms with E-state index in [-0.39, 0.29) is 35.8 Å². The molecule has 8 atom stereocenters. The number of carbonyl (C=O) groups excluding carboxylic acids is 2. The van der Waals surface area contributed by atoms with Crippen LogP contribution < -0.4 is 10.1 Å². The van der Waals surface area contributed by atoms with Gasteiger partial charge in [0, 0.05) is 23.8 Å². The van der Waals surface area contributed by atoms with Crippen LogP contribution in [0.15, 0.2) is 54.6 Å². The van der Waals surface area contributed by atoms with E-state index >= 15 is 0 Å². The fraction of sp³-hybridized carbons (Fsp3) is 0.515. The molecule has 0 unspecified atom stereocenters. The molecule has 4 heterocycles. The summed E-state index contributed by atoms with van der Waals surface area (Å²) in [6.45, 7) is 5.94. The second-order valence-electron chi connectivity index (χ2n) is 12.5. The Morgan fingerprint density at radius 2 is 1.73 bits per heavy atom. The third-order valence-corrected chi connectivity index (χ3v) is 9.64. The van der Waals surface area contributed by atoms with E-state index in [1.807, 2.05) is 6.92 Å². The van der Waals surface area contributed by atoms with Gasteiger partial charge in [0.15, 0.2) is 24.3 Å². The highest BCUT2D eigenvalue weighted by Crippen LogP contribution is 2.60. The topological polar surface area (TPSA) is 92.3 Å². The molecule has 1 spiro atoms. The van der Waals surface area contributed by atoms with Gasteiger partial charge in [-0.2, -0.15) is 13.2 Å². The van der Waals surface area contributed by atoms with Crippen LogP contribution >= 0.6 is 0 Å². The molecule has 44 heavy (non-hydrogen) atoms. The highest BCUT2D eigenvalue weighted by Gasteiger charge is 2.69. The molecule has 0 aromatic heterocycles. The molecule has 8 nitrogen and oxygen atoms in total. The number of hydrogen-bond acceptors (Lipinski definition) is 7. The average molecular weight is 616 g/mol. The number of rotatable bonds is 7. The van der Waals surface area contributed by atoms with Gasteiger partial charge in [0.25, 0.3) is 5.91 Å². The number of ketones is 1. The number of carbonyl (C=O) groups is 2. The first-order valence-corrected chi connectivity index (χ1v) is 15.0. The Labute approximate surface area is 253 Å². The molecule has 4 saturated heterocycles. The van der Waals surface area contributed by atoms with Crippen molar-refractivity contribution in [2.24, 2.45) is 23.7 Å². The minimum atomic E-state index is -4.46. The van der Waals surface area contributed by atoms with Crippen molar-refractivity contribution in [3.8, 4) is 5.75 Å². The van der Waals surface area contributed by atoms with Crippen LogP contribution in [0.5, 0.6) is 5.75 Å². The van der Waals surface area contributed by atoms with E-state index in [0.717, 1.165) is 43.5 Å². The fourth-order valence-electron chi connectivity index (χ4n) is 7.19. The summed E-state index contributed by atoms with van der Waals surface area (Å²) in [6.07, 6.45) is 0.761. The van der Waals surface area contributed by atoms with Crippen molar-refractivity contribution in [3.05, 3.63) is 71.3 Å². The molecule has 1 N–H and O–H groups in total. The van der Waals surface area contributed by atoms with Crippen LogP contribution in [0, 0.1) is 23.7 Å². The Kier molecular flexibility index (Phi) is 8.11. The van der Waals surface area contributed by atoms with Crippen LogP contribution in [-0.2, 0) is 30.2 Å². The predicted molar refractivity (Wildman–Crippen MR) is 152 cm³/mol. The Bertz CT molecular complexity index is 1410. The van der Waals surface area contributed by atoms with Gasteiger partial charge < -0.3 is 19.5 Å². The second kappa shape index (κ2) is 11.6. The summed E-state index contributed by atoms with van der Waals surface area (Å²) >= 11 is 0. The van der Waals surface area contributed by atoms with E-state index in [2.05, 4.69) is 19.2 Å². The second-order valence-corrected chi connectivity index (χ2v) is 12.5. The van der Waals surface area contributed by atoms with Gasteiger partial charge in [-0.15, -0.1) is 0 Å². The largest absolute Gasteiger partial charge is 0.484 e. The van der Waals surface area contributed by atoms with Crippen molar-refractivity contribution < 1.29 is 46.7 Å². The molecule has 11 heteroatoms. The molecule has 236 valence electrons. The Balaban J connectivity index is 1.03. The lowest BCUT2D eigenvalue weighted by molar-refractivity contribution is -0.571. The van der Waals surface area contributed by atoms with Gasteiger partial charge in [0.1, 0.15) is 12.0 Å². The van der Waals surface area contributed by atoms with Gasteiger partial charge in [0.2, 0.25) is 5.79 Å². The molecule has 1 aliphatic carbocycles. The number of halogens is 3. The molecule has 1 amide bonds. The van der Waals surface area contributed by atoms with Crippen molar-refractivity contribution in [1.29, 1.82) is 0 Å². The number of benzene rings is 2. The number of fused-ring (bicyclic) bond motifs is 2. The quantitative estimate of drug-likeness (QED) is 0.222. The molecule has 5 aliphatic rings. The zero-order valence-electron chi connectivity index (χ0n) is 24.8. The van der Waals surface area contributed by atoms with Gasteiger partial charge in [-0.1, -0.05) is 44.2 Å². The minimum Gasteiger partial charge on any atom is -0.484 e. The van der Waals surface area contributed by atoms with Crippen LogP contribution in [0.4, 0.5) is 13.2 Å². The van der Waals surface area contributed by atoms with Gasteiger partial charge in [-0.3, -0.25) is 9.59 Å². The van der Waals surface area contributed by atoms with Crippen LogP contribution in [0.2, 0.25) is 0 Å². The number of allylic oxidation sites excluding steroid dienone is 1. The first-order valence-electron chi connectivity index (χ1n) is 15.0. The van der Waals surface area contributed by atoms with Crippen molar-refractivity contribution in [2.75, 3.05) is 6.61 Å². The SMILES string of the molecule is C[C@H]1[C@@H](NC(=O)COc2ccc(/C=C/C(=O)c3ccc(C(F)(F)F)cc3)cc2)O[C@@H]2O[C@@]3(C)CC[C@H]4[C@H](C)CC[C@@H]1[C@@]24OO3. The van der Waals surface area contributed by atoms with E-state index in [1.165, 1.54) is 6.08 Å². The molecular weight excluding hydrogens is 579 g/mol. The average Bonchev–Trinajstić information content (AvgIpc) is 3.23. The van der Waals surface area contributed by atoms with Crippen LogP contribution in [0.25, 0.3) is 6.08 Å². The lowest BCUT2D eigenvalue weighted by Crippen LogP contribution is -2.72. The lowest BCUT2D eigenvalue weighted by Gasteiger charge is -2.60. The summed E-state index contributed by atoms with van der Waals surface area (Å²) in [5.74, 6) is -0.487. The Hall–Kier alpha value is -3.25. The summed E-state index contributed by atoms with van der Waals surface area (Å²) in [6, 6.07) is 10.8. The molecule has 5 fully saturated rings. The van der Waals surface area contributed by atoms with Crippen LogP contribution in [0.3, 0.4) is 0 Å². The van der Waals surface area contributed by atoms with Crippen molar-refractivity contribution in [2.45, 2.75) is 76.5 Å². The van der Waals surface area contributed by atoms with E-state index in [9.17, 15) is 22.8 Å². The van der Waals surface area contributed by atoms with Crippen LogP contribution in [-0.4, -0.2) is 42.2 Å². The van der Waals surface area contributed by atoms with Gasteiger partial charge >= 0.3 is 6.18 Å². The van der Waals surface area contributed by atoms with E-state index < -0.39 is 41.4 Å². The molecule has 0 radical (unpaired) electrons. The number of alkyl halides is 3. The number of ether oxygens (including phenoxy) is 3. The fourth-order valence-corrected chi connectivity index (χ4v) is 7.19. The van der Waals surface area contributed by atoms with E-state index in [0.29, 0.717) is 23.7 Å². The highest BCUT2D eigenvalue weighted by molar-refractivity contribution is 6.06. The maximum atomic E-state index is 12.9. The number of hydrogen-bond donors (Lipinski definition) is 1. The third kappa shape index (κ3) is 5.78. The third-order valence-electron chi connectivity index (χ3n) is 9.64. The molecule has 7 rings (SSSR count). The predicted octanol–water partition coefficient (Wildman–Crippen LogP) is 6.30. The first kappa shape index (κ1) is 30.8. The first-order chi connectivity index (χ1) is 20.9. The molecular formula is C33H36F3NO7. The smallest absolute Gasteiger partial charge is 0.416 e. The molecule has 2 bridgehead atoms. The summed E-state index contributed by atoms with van der Waals surface area (Å²) in [7, 11) is 0. The van der Waals surface area contributed by atoms with Crippen molar-refractivity contribution >= 4 is 17.8 Å². The normalized spacial score (nSPS) is 34.7. The summed E-state index contributed by atoms with van der Waals surface area (Å²) in [5.41, 5.74) is -0.688. The monoisotopic (exact) mass is 615 g/mol.